The number of carbonyl (C=O) groups excluding carboxylic acids is 1. The maximum atomic E-state index is 12.5. The van der Waals surface area contributed by atoms with E-state index in [0.717, 1.165) is 36.5 Å². The standard InChI is InChI=1S/C18H18N4O2/c1-12-9-22-10-15(6-7-17(22)20-12)21-18(23)14-4-2-13(3-5-14)16-8-19-11-24-16/h2-5,8-9,11,15H,6-7,10H2,1H3,(H,21,23)/t15-/m0/s1. The Hall–Kier alpha value is -2.89. The summed E-state index contributed by atoms with van der Waals surface area (Å²) in [6.45, 7) is 2.77. The first-order valence-corrected chi connectivity index (χ1v) is 8.01. The average molecular weight is 322 g/mol. The summed E-state index contributed by atoms with van der Waals surface area (Å²) in [7, 11) is 0. The van der Waals surface area contributed by atoms with E-state index in [1.54, 1.807) is 6.20 Å². The first-order valence-electron chi connectivity index (χ1n) is 8.01. The highest BCUT2D eigenvalue weighted by Crippen LogP contribution is 2.19. The molecule has 1 aromatic carbocycles. The largest absolute Gasteiger partial charge is 0.444 e. The van der Waals surface area contributed by atoms with Crippen LogP contribution in [0.5, 0.6) is 0 Å². The minimum Gasteiger partial charge on any atom is -0.444 e. The van der Waals surface area contributed by atoms with Crippen molar-refractivity contribution in [2.45, 2.75) is 32.4 Å². The van der Waals surface area contributed by atoms with Crippen LogP contribution in [0, 0.1) is 6.92 Å². The Labute approximate surface area is 139 Å². The van der Waals surface area contributed by atoms with Crippen molar-refractivity contribution in [3.05, 3.63) is 60.1 Å². The maximum absolute atomic E-state index is 12.5. The molecule has 6 heteroatoms. The highest BCUT2D eigenvalue weighted by molar-refractivity contribution is 5.94. The number of imidazole rings is 1. The predicted octanol–water partition coefficient (Wildman–Crippen LogP) is 2.59. The van der Waals surface area contributed by atoms with E-state index < -0.39 is 0 Å². The molecule has 0 fully saturated rings. The van der Waals surface area contributed by atoms with Gasteiger partial charge in [-0.15, -0.1) is 0 Å². The molecule has 1 amide bonds. The van der Waals surface area contributed by atoms with Crippen molar-refractivity contribution in [1.82, 2.24) is 19.9 Å². The number of oxazole rings is 1. The van der Waals surface area contributed by atoms with Crippen molar-refractivity contribution in [1.29, 1.82) is 0 Å². The van der Waals surface area contributed by atoms with Crippen LogP contribution in [0.4, 0.5) is 0 Å². The first-order chi connectivity index (χ1) is 11.7. The Morgan fingerprint density at radius 3 is 2.92 bits per heavy atom. The van der Waals surface area contributed by atoms with Gasteiger partial charge < -0.3 is 14.3 Å². The number of nitrogens with one attached hydrogen (secondary N) is 1. The molecule has 0 saturated carbocycles. The van der Waals surface area contributed by atoms with Gasteiger partial charge in [0.2, 0.25) is 0 Å². The Balaban J connectivity index is 1.43. The van der Waals surface area contributed by atoms with Gasteiger partial charge in [0.1, 0.15) is 5.82 Å². The van der Waals surface area contributed by atoms with E-state index in [2.05, 4.69) is 19.9 Å². The van der Waals surface area contributed by atoms with Gasteiger partial charge in [0.25, 0.3) is 5.91 Å². The average Bonchev–Trinajstić information content (AvgIpc) is 3.23. The van der Waals surface area contributed by atoms with Crippen molar-refractivity contribution in [3.8, 4) is 11.3 Å². The summed E-state index contributed by atoms with van der Waals surface area (Å²) in [5.74, 6) is 1.75. The molecular formula is C18H18N4O2. The monoisotopic (exact) mass is 322 g/mol. The molecule has 1 N–H and O–H groups in total. The minimum atomic E-state index is -0.0515. The molecule has 3 heterocycles. The third-order valence-electron chi connectivity index (χ3n) is 4.31. The van der Waals surface area contributed by atoms with E-state index in [-0.39, 0.29) is 11.9 Å². The van der Waals surface area contributed by atoms with Crippen LogP contribution < -0.4 is 5.32 Å². The molecule has 0 radical (unpaired) electrons. The summed E-state index contributed by atoms with van der Waals surface area (Å²) in [6.07, 6.45) is 6.90. The van der Waals surface area contributed by atoms with Gasteiger partial charge in [0.15, 0.2) is 12.2 Å². The van der Waals surface area contributed by atoms with Crippen molar-refractivity contribution >= 4 is 5.91 Å². The third kappa shape index (κ3) is 2.82. The van der Waals surface area contributed by atoms with E-state index >= 15 is 0 Å². The summed E-state index contributed by atoms with van der Waals surface area (Å²) in [5.41, 5.74) is 2.58. The molecule has 0 spiro atoms. The van der Waals surface area contributed by atoms with Crippen LogP contribution in [0.15, 0.2) is 47.5 Å². The van der Waals surface area contributed by atoms with Crippen LogP contribution in [0.1, 0.15) is 28.3 Å². The van der Waals surface area contributed by atoms with Gasteiger partial charge >= 0.3 is 0 Å². The number of hydrogen-bond donors (Lipinski definition) is 1. The quantitative estimate of drug-likeness (QED) is 0.804. The van der Waals surface area contributed by atoms with E-state index in [1.807, 2.05) is 37.4 Å². The molecule has 4 rings (SSSR count). The first kappa shape index (κ1) is 14.7. The molecule has 0 saturated heterocycles. The zero-order valence-electron chi connectivity index (χ0n) is 13.4. The van der Waals surface area contributed by atoms with Crippen molar-refractivity contribution in [3.63, 3.8) is 0 Å². The fourth-order valence-electron chi connectivity index (χ4n) is 3.12. The normalized spacial score (nSPS) is 16.6. The van der Waals surface area contributed by atoms with Crippen LogP contribution in [-0.2, 0) is 13.0 Å². The van der Waals surface area contributed by atoms with Gasteiger partial charge in [0, 0.05) is 36.3 Å². The smallest absolute Gasteiger partial charge is 0.251 e. The Morgan fingerprint density at radius 1 is 1.33 bits per heavy atom. The second kappa shape index (κ2) is 5.96. The second-order valence-electron chi connectivity index (χ2n) is 6.10. The number of carbonyl (C=O) groups is 1. The summed E-state index contributed by atoms with van der Waals surface area (Å²) in [6, 6.07) is 7.49. The number of amides is 1. The zero-order valence-corrected chi connectivity index (χ0v) is 13.4. The Kier molecular flexibility index (Phi) is 3.65. The predicted molar refractivity (Wildman–Crippen MR) is 88.5 cm³/mol. The summed E-state index contributed by atoms with van der Waals surface area (Å²) in [5, 5.41) is 3.12. The SMILES string of the molecule is Cc1cn2c(n1)CC[C@H](NC(=O)c1ccc(-c3cnco3)cc1)C2. The molecule has 3 aromatic rings. The van der Waals surface area contributed by atoms with Gasteiger partial charge in [-0.05, 0) is 25.5 Å². The Morgan fingerprint density at radius 2 is 2.17 bits per heavy atom. The highest BCUT2D eigenvalue weighted by Gasteiger charge is 2.21. The van der Waals surface area contributed by atoms with E-state index in [4.69, 9.17) is 4.42 Å². The van der Waals surface area contributed by atoms with Crippen molar-refractivity contribution < 1.29 is 9.21 Å². The van der Waals surface area contributed by atoms with Crippen LogP contribution in [0.25, 0.3) is 11.3 Å². The van der Waals surface area contributed by atoms with E-state index in [0.29, 0.717) is 11.3 Å². The van der Waals surface area contributed by atoms with Gasteiger partial charge in [0.05, 0.1) is 11.9 Å². The lowest BCUT2D eigenvalue weighted by molar-refractivity contribution is 0.0927. The molecular weight excluding hydrogens is 304 g/mol. The number of aromatic nitrogens is 3. The summed E-state index contributed by atoms with van der Waals surface area (Å²) >= 11 is 0. The van der Waals surface area contributed by atoms with Crippen molar-refractivity contribution in [2.75, 3.05) is 0 Å². The molecule has 1 atom stereocenters. The summed E-state index contributed by atoms with van der Waals surface area (Å²) in [4.78, 5) is 20.8. The van der Waals surface area contributed by atoms with Crippen LogP contribution in [-0.4, -0.2) is 26.5 Å². The molecule has 0 bridgehead atoms. The van der Waals surface area contributed by atoms with Crippen molar-refractivity contribution in [2.24, 2.45) is 0 Å². The van der Waals surface area contributed by atoms with Gasteiger partial charge in [-0.3, -0.25) is 4.79 Å². The highest BCUT2D eigenvalue weighted by atomic mass is 16.3. The number of aryl methyl sites for hydroxylation is 2. The Bertz CT molecular complexity index is 850. The lowest BCUT2D eigenvalue weighted by Gasteiger charge is -2.24. The molecule has 6 nitrogen and oxygen atoms in total. The van der Waals surface area contributed by atoms with Crippen LogP contribution in [0.2, 0.25) is 0 Å². The summed E-state index contributed by atoms with van der Waals surface area (Å²) < 4.78 is 7.39. The number of benzene rings is 1. The minimum absolute atomic E-state index is 0.0515. The lowest BCUT2D eigenvalue weighted by Crippen LogP contribution is -2.40. The molecule has 24 heavy (non-hydrogen) atoms. The number of rotatable bonds is 3. The third-order valence-corrected chi connectivity index (χ3v) is 4.31. The number of hydrogen-bond acceptors (Lipinski definition) is 4. The zero-order chi connectivity index (χ0) is 16.5. The molecule has 1 aliphatic heterocycles. The second-order valence-corrected chi connectivity index (χ2v) is 6.10. The topological polar surface area (TPSA) is 73.0 Å². The van der Waals surface area contributed by atoms with E-state index in [9.17, 15) is 4.79 Å². The van der Waals surface area contributed by atoms with E-state index in [1.165, 1.54) is 6.39 Å². The van der Waals surface area contributed by atoms with Crippen LogP contribution in [0.3, 0.4) is 0 Å². The lowest BCUT2D eigenvalue weighted by atomic mass is 10.1. The van der Waals surface area contributed by atoms with Gasteiger partial charge in [-0.25, -0.2) is 9.97 Å². The van der Waals surface area contributed by atoms with Gasteiger partial charge in [-0.1, -0.05) is 12.1 Å². The number of fused-ring (bicyclic) bond motifs is 1. The fourth-order valence-corrected chi connectivity index (χ4v) is 3.12. The van der Waals surface area contributed by atoms with Gasteiger partial charge in [-0.2, -0.15) is 0 Å². The molecule has 0 unspecified atom stereocenters. The van der Waals surface area contributed by atoms with Crippen LogP contribution >= 0.6 is 0 Å². The molecule has 122 valence electrons. The fraction of sp³-hybridized carbons (Fsp3) is 0.278. The number of nitrogens with zero attached hydrogens (tertiary/aromatic N) is 3. The maximum Gasteiger partial charge on any atom is 0.251 e. The molecule has 0 aliphatic carbocycles. The molecule has 2 aromatic heterocycles. The molecule has 1 aliphatic rings.